The number of anilines is 3. The summed E-state index contributed by atoms with van der Waals surface area (Å²) >= 11 is 3.59. The van der Waals surface area contributed by atoms with Crippen molar-refractivity contribution in [2.45, 2.75) is 32.6 Å². The van der Waals surface area contributed by atoms with Crippen LogP contribution in [0.1, 0.15) is 31.9 Å². The summed E-state index contributed by atoms with van der Waals surface area (Å²) in [5, 5.41) is 10.9. The van der Waals surface area contributed by atoms with Crippen molar-refractivity contribution in [2.75, 3.05) is 29.6 Å². The number of carbonyl (C=O) groups is 1. The average Bonchev–Trinajstić information content (AvgIpc) is 2.99. The number of nitrogens with zero attached hydrogens (tertiary/aromatic N) is 2. The Morgan fingerprint density at radius 1 is 0.860 bits per heavy atom. The Balaban J connectivity index is 1.30. The van der Waals surface area contributed by atoms with Crippen molar-refractivity contribution in [2.24, 2.45) is 0 Å². The van der Waals surface area contributed by atoms with Crippen LogP contribution >= 0.6 is 15.9 Å². The minimum Gasteiger partial charge on any atom is -0.495 e. The molecule has 0 unspecified atom stereocenters. The Labute approximate surface area is 260 Å². The highest BCUT2D eigenvalue weighted by Crippen LogP contribution is 2.35. The van der Waals surface area contributed by atoms with Crippen LogP contribution in [0.15, 0.2) is 95.6 Å². The summed E-state index contributed by atoms with van der Waals surface area (Å²) in [6.07, 6.45) is 2.48. The van der Waals surface area contributed by atoms with Gasteiger partial charge in [-0.25, -0.2) is 9.78 Å². The molecule has 5 aromatic rings. The lowest BCUT2D eigenvalue weighted by Crippen LogP contribution is -2.21. The van der Waals surface area contributed by atoms with E-state index in [0.29, 0.717) is 41.2 Å². The monoisotopic (exact) mass is 639 g/mol. The lowest BCUT2D eigenvalue weighted by atomic mass is 9.87. The topological polar surface area (TPSA) is 97.4 Å². The molecule has 0 spiro atoms. The second-order valence-electron chi connectivity index (χ2n) is 11.0. The second-order valence-corrected chi connectivity index (χ2v) is 11.8. The third kappa shape index (κ3) is 7.42. The highest BCUT2D eigenvalue weighted by Gasteiger charge is 2.18. The third-order valence-corrected chi connectivity index (χ3v) is 7.70. The van der Waals surface area contributed by atoms with Crippen LogP contribution in [0.5, 0.6) is 17.4 Å². The molecule has 0 bridgehead atoms. The Hall–Kier alpha value is -4.63. The maximum Gasteiger partial charge on any atom is 0.323 e. The number of hydrogen-bond donors (Lipinski definition) is 3. The fourth-order valence-corrected chi connectivity index (χ4v) is 5.11. The minimum absolute atomic E-state index is 0.0781. The van der Waals surface area contributed by atoms with E-state index in [1.807, 2.05) is 72.8 Å². The Kier molecular flexibility index (Phi) is 9.11. The van der Waals surface area contributed by atoms with E-state index in [2.05, 4.69) is 68.7 Å². The van der Waals surface area contributed by atoms with Gasteiger partial charge < -0.3 is 25.4 Å². The molecule has 220 valence electrons. The van der Waals surface area contributed by atoms with E-state index in [4.69, 9.17) is 9.47 Å². The average molecular weight is 641 g/mol. The van der Waals surface area contributed by atoms with Gasteiger partial charge in [-0.2, -0.15) is 4.98 Å². The van der Waals surface area contributed by atoms with Crippen LogP contribution in [0.4, 0.5) is 22.1 Å². The first kappa shape index (κ1) is 29.8. The molecule has 0 saturated heterocycles. The zero-order valence-corrected chi connectivity index (χ0v) is 26.2. The van der Waals surface area contributed by atoms with Gasteiger partial charge in [0, 0.05) is 34.1 Å². The van der Waals surface area contributed by atoms with E-state index < -0.39 is 0 Å². The smallest absolute Gasteiger partial charge is 0.323 e. The van der Waals surface area contributed by atoms with Crippen molar-refractivity contribution < 1.29 is 14.3 Å². The minimum atomic E-state index is -0.378. The molecule has 3 N–H and O–H groups in total. The number of urea groups is 1. The van der Waals surface area contributed by atoms with Crippen molar-refractivity contribution in [3.8, 4) is 17.4 Å². The van der Waals surface area contributed by atoms with Gasteiger partial charge in [0.1, 0.15) is 11.5 Å². The molecule has 0 fully saturated rings. The number of halogens is 1. The predicted octanol–water partition coefficient (Wildman–Crippen LogP) is 8.79. The fourth-order valence-electron chi connectivity index (χ4n) is 4.62. The Morgan fingerprint density at radius 2 is 1.58 bits per heavy atom. The molecule has 9 heteroatoms. The van der Waals surface area contributed by atoms with E-state index in [9.17, 15) is 4.79 Å². The fraction of sp³-hybridized carbons (Fsp3) is 0.206. The Morgan fingerprint density at radius 3 is 2.35 bits per heavy atom. The first-order valence-electron chi connectivity index (χ1n) is 14.0. The van der Waals surface area contributed by atoms with E-state index in [1.54, 1.807) is 19.4 Å². The number of rotatable bonds is 9. The summed E-state index contributed by atoms with van der Waals surface area (Å²) < 4.78 is 12.8. The first-order chi connectivity index (χ1) is 20.7. The van der Waals surface area contributed by atoms with Gasteiger partial charge in [-0.05, 0) is 53.3 Å². The normalized spacial score (nSPS) is 11.2. The van der Waals surface area contributed by atoms with Crippen molar-refractivity contribution in [3.05, 3.63) is 107 Å². The highest BCUT2D eigenvalue weighted by atomic mass is 79.9. The van der Waals surface area contributed by atoms with Gasteiger partial charge in [-0.1, -0.05) is 85.2 Å². The molecule has 4 aromatic carbocycles. The molecule has 0 aliphatic carbocycles. The first-order valence-corrected chi connectivity index (χ1v) is 14.8. The number of carbonyl (C=O) groups excluding carboxylic acids is 1. The summed E-state index contributed by atoms with van der Waals surface area (Å²) in [6.45, 7) is 7.04. The number of nitrogens with one attached hydrogen (secondary N) is 3. The van der Waals surface area contributed by atoms with E-state index >= 15 is 0 Å². The van der Waals surface area contributed by atoms with Crippen LogP contribution in [0.3, 0.4) is 0 Å². The standard InChI is InChI=1S/C34H34BrN5O3/c1-34(2,3)23-13-15-30(42-4)28(21-23)39-33(41)38-27-14-16-29(25-11-7-6-10-24(25)27)43-31-18-20-37-32(40-31)36-19-17-22-9-5-8-12-26(22)35/h5-16,18,20-21H,17,19H2,1-4H3,(H,36,37,40)(H2,38,39,41). The zero-order valence-electron chi connectivity index (χ0n) is 24.6. The van der Waals surface area contributed by atoms with Crippen molar-refractivity contribution >= 4 is 50.1 Å². The number of amides is 2. The summed E-state index contributed by atoms with van der Waals surface area (Å²) in [5.41, 5.74) is 3.45. The van der Waals surface area contributed by atoms with E-state index in [0.717, 1.165) is 27.2 Å². The molecule has 0 radical (unpaired) electrons. The zero-order chi connectivity index (χ0) is 30.4. The lowest BCUT2D eigenvalue weighted by Gasteiger charge is -2.21. The molecule has 0 aliphatic heterocycles. The van der Waals surface area contributed by atoms with Crippen LogP contribution in [0.2, 0.25) is 0 Å². The Bertz CT molecular complexity index is 1750. The van der Waals surface area contributed by atoms with Gasteiger partial charge >= 0.3 is 6.03 Å². The van der Waals surface area contributed by atoms with E-state index in [-0.39, 0.29) is 11.4 Å². The van der Waals surface area contributed by atoms with Gasteiger partial charge in [0.25, 0.3) is 0 Å². The van der Waals surface area contributed by atoms with Gasteiger partial charge in [-0.3, -0.25) is 0 Å². The predicted molar refractivity (Wildman–Crippen MR) is 177 cm³/mol. The lowest BCUT2D eigenvalue weighted by molar-refractivity contribution is 0.262. The number of methoxy groups -OCH3 is 1. The molecule has 43 heavy (non-hydrogen) atoms. The summed E-state index contributed by atoms with van der Waals surface area (Å²) in [4.78, 5) is 22.0. The maximum absolute atomic E-state index is 13.1. The van der Waals surface area contributed by atoms with Crippen LogP contribution < -0.4 is 25.4 Å². The summed E-state index contributed by atoms with van der Waals surface area (Å²) in [6, 6.07) is 26.7. The molecule has 1 aromatic heterocycles. The van der Waals surface area contributed by atoms with Crippen LogP contribution in [-0.2, 0) is 11.8 Å². The molecular weight excluding hydrogens is 606 g/mol. The summed E-state index contributed by atoms with van der Waals surface area (Å²) in [7, 11) is 1.59. The van der Waals surface area contributed by atoms with Crippen LogP contribution in [-0.4, -0.2) is 29.7 Å². The molecule has 2 amide bonds. The molecular formula is C34H34BrN5O3. The van der Waals surface area contributed by atoms with Crippen LogP contribution in [0.25, 0.3) is 10.8 Å². The maximum atomic E-state index is 13.1. The second kappa shape index (κ2) is 13.1. The van der Waals surface area contributed by atoms with Crippen molar-refractivity contribution in [3.63, 3.8) is 0 Å². The highest BCUT2D eigenvalue weighted by molar-refractivity contribution is 9.10. The molecule has 0 saturated carbocycles. The quantitative estimate of drug-likeness (QED) is 0.149. The largest absolute Gasteiger partial charge is 0.495 e. The van der Waals surface area contributed by atoms with Crippen LogP contribution in [0, 0.1) is 0 Å². The van der Waals surface area contributed by atoms with Gasteiger partial charge in [0.05, 0.1) is 18.5 Å². The molecule has 8 nitrogen and oxygen atoms in total. The van der Waals surface area contributed by atoms with Gasteiger partial charge in [0.2, 0.25) is 11.8 Å². The number of hydrogen-bond acceptors (Lipinski definition) is 6. The summed E-state index contributed by atoms with van der Waals surface area (Å²) in [5.74, 6) is 2.09. The number of aromatic nitrogens is 2. The van der Waals surface area contributed by atoms with Crippen molar-refractivity contribution in [1.29, 1.82) is 0 Å². The number of fused-ring (bicyclic) bond motifs is 1. The molecule has 5 rings (SSSR count). The molecule has 0 atom stereocenters. The number of benzene rings is 4. The van der Waals surface area contributed by atoms with Gasteiger partial charge in [-0.15, -0.1) is 0 Å². The number of ether oxygens (including phenoxy) is 2. The third-order valence-electron chi connectivity index (χ3n) is 6.93. The molecule has 0 aliphatic rings. The van der Waals surface area contributed by atoms with Gasteiger partial charge in [0.15, 0.2) is 0 Å². The van der Waals surface area contributed by atoms with Crippen molar-refractivity contribution in [1.82, 2.24) is 9.97 Å². The molecule has 1 heterocycles. The van der Waals surface area contributed by atoms with E-state index in [1.165, 1.54) is 5.56 Å². The SMILES string of the molecule is COc1ccc(C(C)(C)C)cc1NC(=O)Nc1ccc(Oc2ccnc(NCCc3ccccc3Br)n2)c2ccccc12.